The van der Waals surface area contributed by atoms with Gasteiger partial charge in [-0.2, -0.15) is 0 Å². The third kappa shape index (κ3) is 3.04. The van der Waals surface area contributed by atoms with Gasteiger partial charge in [0.15, 0.2) is 0 Å². The predicted octanol–water partition coefficient (Wildman–Crippen LogP) is 0.819. The number of hydrogen-bond donors (Lipinski definition) is 1. The number of primary sulfonamides is 1. The number of rotatable bonds is 3. The van der Waals surface area contributed by atoms with Gasteiger partial charge in [0, 0.05) is 0 Å². The predicted molar refractivity (Wildman–Crippen MR) is 58.5 cm³/mol. The number of carbonyl (C=O) groups excluding carboxylic acids is 1. The van der Waals surface area contributed by atoms with E-state index in [4.69, 9.17) is 9.88 Å². The topological polar surface area (TPSA) is 86.5 Å². The summed E-state index contributed by atoms with van der Waals surface area (Å²) < 4.78 is 27.1. The highest BCUT2D eigenvalue weighted by Crippen LogP contribution is 2.14. The lowest BCUT2D eigenvalue weighted by molar-refractivity contribution is 0.0526. The van der Waals surface area contributed by atoms with Crippen LogP contribution in [0, 0.1) is 6.92 Å². The fourth-order valence-corrected chi connectivity index (χ4v) is 1.89. The lowest BCUT2D eigenvalue weighted by Gasteiger charge is -2.05. The molecule has 0 saturated heterocycles. The average molecular weight is 243 g/mol. The van der Waals surface area contributed by atoms with Crippen molar-refractivity contribution in [1.82, 2.24) is 0 Å². The van der Waals surface area contributed by atoms with Crippen LogP contribution in [0.3, 0.4) is 0 Å². The zero-order valence-electron chi connectivity index (χ0n) is 9.06. The fraction of sp³-hybridized carbons (Fsp3) is 0.300. The molecule has 0 amide bonds. The highest BCUT2D eigenvalue weighted by molar-refractivity contribution is 7.89. The van der Waals surface area contributed by atoms with Gasteiger partial charge in [-0.3, -0.25) is 0 Å². The summed E-state index contributed by atoms with van der Waals surface area (Å²) in [6, 6.07) is 4.16. The Morgan fingerprint density at radius 1 is 1.38 bits per heavy atom. The molecule has 0 heterocycles. The largest absolute Gasteiger partial charge is 0.462 e. The third-order valence-corrected chi connectivity index (χ3v) is 2.78. The summed E-state index contributed by atoms with van der Waals surface area (Å²) in [6.07, 6.45) is 0. The van der Waals surface area contributed by atoms with E-state index in [-0.39, 0.29) is 17.1 Å². The van der Waals surface area contributed by atoms with Crippen LogP contribution in [0.1, 0.15) is 22.8 Å². The summed E-state index contributed by atoms with van der Waals surface area (Å²) in [4.78, 5) is 11.3. The molecule has 0 spiro atoms. The van der Waals surface area contributed by atoms with E-state index < -0.39 is 16.0 Å². The number of esters is 1. The molecule has 5 nitrogen and oxygen atoms in total. The van der Waals surface area contributed by atoms with Crippen molar-refractivity contribution in [1.29, 1.82) is 0 Å². The molecule has 0 bridgehead atoms. The molecule has 0 unspecified atom stereocenters. The molecule has 1 rings (SSSR count). The molecule has 0 aliphatic rings. The van der Waals surface area contributed by atoms with Crippen molar-refractivity contribution < 1.29 is 17.9 Å². The minimum Gasteiger partial charge on any atom is -0.462 e. The molecule has 0 saturated carbocycles. The highest BCUT2D eigenvalue weighted by atomic mass is 32.2. The molecular formula is C10H13NO4S. The van der Waals surface area contributed by atoms with Gasteiger partial charge in [0.1, 0.15) is 0 Å². The smallest absolute Gasteiger partial charge is 0.338 e. The lowest BCUT2D eigenvalue weighted by atomic mass is 10.1. The second-order valence-electron chi connectivity index (χ2n) is 3.30. The van der Waals surface area contributed by atoms with Crippen LogP contribution in [0.25, 0.3) is 0 Å². The first-order valence-corrected chi connectivity index (χ1v) is 6.21. The van der Waals surface area contributed by atoms with Gasteiger partial charge in [0.2, 0.25) is 10.0 Å². The Hall–Kier alpha value is -1.40. The van der Waals surface area contributed by atoms with Crippen LogP contribution in [0.2, 0.25) is 0 Å². The molecule has 1 aromatic rings. The van der Waals surface area contributed by atoms with Gasteiger partial charge < -0.3 is 4.74 Å². The number of ether oxygens (including phenoxy) is 1. The fourth-order valence-electron chi connectivity index (χ4n) is 1.24. The maximum absolute atomic E-state index is 11.4. The van der Waals surface area contributed by atoms with Crippen molar-refractivity contribution in [2.45, 2.75) is 18.7 Å². The molecule has 2 N–H and O–H groups in total. The van der Waals surface area contributed by atoms with E-state index in [1.807, 2.05) is 0 Å². The molecule has 0 aliphatic carbocycles. The van der Waals surface area contributed by atoms with E-state index >= 15 is 0 Å². The van der Waals surface area contributed by atoms with E-state index in [9.17, 15) is 13.2 Å². The molecule has 0 aliphatic heterocycles. The Morgan fingerprint density at radius 2 is 2.00 bits per heavy atom. The first-order chi connectivity index (χ1) is 7.34. The van der Waals surface area contributed by atoms with Crippen LogP contribution in [-0.2, 0) is 14.8 Å². The minimum atomic E-state index is -3.80. The van der Waals surface area contributed by atoms with Crippen molar-refractivity contribution in [3.63, 3.8) is 0 Å². The van der Waals surface area contributed by atoms with Crippen LogP contribution in [0.4, 0.5) is 0 Å². The Balaban J connectivity index is 3.24. The maximum atomic E-state index is 11.4. The molecular weight excluding hydrogens is 230 g/mol. The summed E-state index contributed by atoms with van der Waals surface area (Å²) >= 11 is 0. The first-order valence-electron chi connectivity index (χ1n) is 4.66. The van der Waals surface area contributed by atoms with Crippen LogP contribution < -0.4 is 5.14 Å². The standard InChI is InChI=1S/C10H13NO4S/c1-3-15-10(12)8-4-7(2)5-9(6-8)16(11,13)14/h4-6H,3H2,1-2H3,(H2,11,13,14). The highest BCUT2D eigenvalue weighted by Gasteiger charge is 2.13. The maximum Gasteiger partial charge on any atom is 0.338 e. The number of carbonyl (C=O) groups is 1. The molecule has 0 aromatic heterocycles. The summed E-state index contributed by atoms with van der Waals surface area (Å²) in [5.74, 6) is -0.559. The van der Waals surface area contributed by atoms with Crippen molar-refractivity contribution in [3.05, 3.63) is 29.3 Å². The van der Waals surface area contributed by atoms with Crippen molar-refractivity contribution in [2.24, 2.45) is 5.14 Å². The Bertz CT molecular complexity index is 508. The van der Waals surface area contributed by atoms with E-state index in [0.29, 0.717) is 5.56 Å². The summed E-state index contributed by atoms with van der Waals surface area (Å²) in [5, 5.41) is 4.99. The number of hydrogen-bond acceptors (Lipinski definition) is 4. The van der Waals surface area contributed by atoms with Crippen LogP contribution in [-0.4, -0.2) is 21.0 Å². The third-order valence-electron chi connectivity index (χ3n) is 1.89. The van der Waals surface area contributed by atoms with E-state index in [2.05, 4.69) is 0 Å². The molecule has 1 aromatic carbocycles. The van der Waals surface area contributed by atoms with Gasteiger partial charge in [0.25, 0.3) is 0 Å². The lowest BCUT2D eigenvalue weighted by Crippen LogP contribution is -2.14. The molecule has 88 valence electrons. The number of aryl methyl sites for hydroxylation is 1. The van der Waals surface area contributed by atoms with E-state index in [1.54, 1.807) is 19.9 Å². The van der Waals surface area contributed by atoms with Crippen molar-refractivity contribution >= 4 is 16.0 Å². The number of nitrogens with two attached hydrogens (primary N) is 1. The van der Waals surface area contributed by atoms with Gasteiger partial charge in [-0.05, 0) is 37.6 Å². The van der Waals surface area contributed by atoms with Gasteiger partial charge in [-0.1, -0.05) is 0 Å². The quantitative estimate of drug-likeness (QED) is 0.796. The SMILES string of the molecule is CCOC(=O)c1cc(C)cc(S(N)(=O)=O)c1. The first kappa shape index (κ1) is 12.7. The normalized spacial score (nSPS) is 11.2. The Morgan fingerprint density at radius 3 is 2.50 bits per heavy atom. The van der Waals surface area contributed by atoms with Crippen LogP contribution in [0.15, 0.2) is 23.1 Å². The molecule has 0 atom stereocenters. The number of benzene rings is 1. The molecule has 16 heavy (non-hydrogen) atoms. The zero-order valence-corrected chi connectivity index (χ0v) is 9.87. The monoisotopic (exact) mass is 243 g/mol. The van der Waals surface area contributed by atoms with Crippen molar-refractivity contribution in [3.8, 4) is 0 Å². The second-order valence-corrected chi connectivity index (χ2v) is 4.86. The average Bonchev–Trinajstić information content (AvgIpc) is 2.16. The van der Waals surface area contributed by atoms with E-state index in [0.717, 1.165) is 0 Å². The zero-order chi connectivity index (χ0) is 12.3. The van der Waals surface area contributed by atoms with Gasteiger partial charge >= 0.3 is 5.97 Å². The minimum absolute atomic E-state index is 0.0875. The molecule has 0 fully saturated rings. The molecule has 0 radical (unpaired) electrons. The Kier molecular flexibility index (Phi) is 3.66. The van der Waals surface area contributed by atoms with Crippen LogP contribution >= 0.6 is 0 Å². The number of sulfonamides is 1. The van der Waals surface area contributed by atoms with Gasteiger partial charge in [-0.25, -0.2) is 18.4 Å². The summed E-state index contributed by atoms with van der Waals surface area (Å²) in [6.45, 7) is 3.59. The van der Waals surface area contributed by atoms with Crippen LogP contribution in [0.5, 0.6) is 0 Å². The Labute approximate surface area is 94.3 Å². The van der Waals surface area contributed by atoms with Gasteiger partial charge in [-0.15, -0.1) is 0 Å². The summed E-state index contributed by atoms with van der Waals surface area (Å²) in [5.41, 5.74) is 0.820. The van der Waals surface area contributed by atoms with E-state index in [1.165, 1.54) is 12.1 Å². The van der Waals surface area contributed by atoms with Crippen molar-refractivity contribution in [2.75, 3.05) is 6.61 Å². The molecule has 6 heteroatoms. The summed E-state index contributed by atoms with van der Waals surface area (Å²) in [7, 11) is -3.80. The van der Waals surface area contributed by atoms with Gasteiger partial charge in [0.05, 0.1) is 17.1 Å². The second kappa shape index (κ2) is 4.63.